The summed E-state index contributed by atoms with van der Waals surface area (Å²) in [5.74, 6) is 1.80. The van der Waals surface area contributed by atoms with E-state index in [0.29, 0.717) is 42.6 Å². The van der Waals surface area contributed by atoms with Crippen LogP contribution in [0.1, 0.15) is 44.5 Å². The molecule has 3 heterocycles. The van der Waals surface area contributed by atoms with Gasteiger partial charge in [0.1, 0.15) is 5.82 Å². The zero-order valence-corrected chi connectivity index (χ0v) is 20.6. The van der Waals surface area contributed by atoms with Crippen LogP contribution in [0.3, 0.4) is 0 Å². The molecule has 1 amide bonds. The van der Waals surface area contributed by atoms with Gasteiger partial charge < -0.3 is 9.47 Å². The molecule has 9 heteroatoms. The molecule has 1 aromatic carbocycles. The number of fused-ring (bicyclic) bond motifs is 1. The molecule has 35 heavy (non-hydrogen) atoms. The second-order valence-corrected chi connectivity index (χ2v) is 10.2. The lowest BCUT2D eigenvalue weighted by Gasteiger charge is -2.34. The van der Waals surface area contributed by atoms with Crippen molar-refractivity contribution in [3.63, 3.8) is 0 Å². The number of benzene rings is 1. The van der Waals surface area contributed by atoms with E-state index in [9.17, 15) is 14.4 Å². The molecule has 2 aromatic heterocycles. The molecule has 1 N–H and O–H groups in total. The van der Waals surface area contributed by atoms with Crippen LogP contribution in [0.4, 0.5) is 0 Å². The SMILES string of the molecule is CC(C)CCn1c(CN2CCN(C(=O)C3CC3)CC2)nc2c1c(=O)[nH]c(=O)n2Cc1ccccc1. The topological polar surface area (TPSA) is 96.2 Å². The van der Waals surface area contributed by atoms with Crippen LogP contribution in [0, 0.1) is 11.8 Å². The summed E-state index contributed by atoms with van der Waals surface area (Å²) < 4.78 is 3.56. The van der Waals surface area contributed by atoms with Gasteiger partial charge in [-0.15, -0.1) is 0 Å². The second kappa shape index (κ2) is 9.81. The van der Waals surface area contributed by atoms with Crippen molar-refractivity contribution in [3.05, 3.63) is 62.6 Å². The highest BCUT2D eigenvalue weighted by molar-refractivity contribution is 5.81. The molecule has 9 nitrogen and oxygen atoms in total. The van der Waals surface area contributed by atoms with Crippen LogP contribution in [-0.4, -0.2) is 61.0 Å². The number of aryl methyl sites for hydroxylation is 1. The highest BCUT2D eigenvalue weighted by atomic mass is 16.2. The van der Waals surface area contributed by atoms with E-state index in [4.69, 9.17) is 4.98 Å². The van der Waals surface area contributed by atoms with Gasteiger partial charge in [-0.25, -0.2) is 9.78 Å². The quantitative estimate of drug-likeness (QED) is 0.535. The highest BCUT2D eigenvalue weighted by Crippen LogP contribution is 2.31. The Bertz CT molecular complexity index is 1310. The van der Waals surface area contributed by atoms with E-state index in [1.165, 1.54) is 0 Å². The number of amides is 1. The normalized spacial score (nSPS) is 16.9. The Labute approximate surface area is 204 Å². The molecule has 0 radical (unpaired) electrons. The third kappa shape index (κ3) is 5.10. The average molecular weight is 479 g/mol. The molecule has 2 fully saturated rings. The Morgan fingerprint density at radius 3 is 2.40 bits per heavy atom. The lowest BCUT2D eigenvalue weighted by molar-refractivity contribution is -0.134. The first-order valence-electron chi connectivity index (χ1n) is 12.7. The van der Waals surface area contributed by atoms with Crippen LogP contribution in [0.2, 0.25) is 0 Å². The number of carbonyl (C=O) groups is 1. The number of carbonyl (C=O) groups excluding carboxylic acids is 1. The Hall–Kier alpha value is -3.20. The number of aromatic amines is 1. The fraction of sp³-hybridized carbons (Fsp3) is 0.538. The molecular weight excluding hydrogens is 444 g/mol. The number of imidazole rings is 1. The van der Waals surface area contributed by atoms with E-state index >= 15 is 0 Å². The molecule has 0 atom stereocenters. The summed E-state index contributed by atoms with van der Waals surface area (Å²) in [7, 11) is 0. The smallest absolute Gasteiger partial charge is 0.330 e. The number of H-pyrrole nitrogens is 1. The fourth-order valence-electron chi connectivity index (χ4n) is 4.79. The van der Waals surface area contributed by atoms with Crippen molar-refractivity contribution >= 4 is 17.1 Å². The summed E-state index contributed by atoms with van der Waals surface area (Å²) in [5.41, 5.74) is 1.02. The standard InChI is InChI=1S/C26H34N6O3/c1-18(2)10-11-31-21(17-29-12-14-30(15-13-29)25(34)20-8-9-20)27-23-22(31)24(33)28-26(35)32(23)16-19-6-4-3-5-7-19/h3-7,18,20H,8-17H2,1-2H3,(H,28,33,35). The van der Waals surface area contributed by atoms with E-state index in [2.05, 4.69) is 23.7 Å². The van der Waals surface area contributed by atoms with Crippen molar-refractivity contribution in [2.75, 3.05) is 26.2 Å². The van der Waals surface area contributed by atoms with E-state index in [-0.39, 0.29) is 5.92 Å². The minimum Gasteiger partial charge on any atom is -0.340 e. The van der Waals surface area contributed by atoms with Gasteiger partial charge in [-0.2, -0.15) is 0 Å². The van der Waals surface area contributed by atoms with Gasteiger partial charge in [0.05, 0.1) is 13.1 Å². The predicted octanol–water partition coefficient (Wildman–Crippen LogP) is 2.03. The number of hydrogen-bond acceptors (Lipinski definition) is 5. The van der Waals surface area contributed by atoms with Gasteiger partial charge >= 0.3 is 5.69 Å². The van der Waals surface area contributed by atoms with Crippen LogP contribution in [-0.2, 0) is 24.4 Å². The summed E-state index contributed by atoms with van der Waals surface area (Å²) in [6, 6.07) is 9.73. The number of piperazine rings is 1. The van der Waals surface area contributed by atoms with E-state index in [1.807, 2.05) is 39.8 Å². The largest absolute Gasteiger partial charge is 0.340 e. The second-order valence-electron chi connectivity index (χ2n) is 10.2. The van der Waals surface area contributed by atoms with Gasteiger partial charge in [-0.3, -0.25) is 24.0 Å². The van der Waals surface area contributed by atoms with Gasteiger partial charge in [0.25, 0.3) is 5.56 Å². The van der Waals surface area contributed by atoms with Gasteiger partial charge in [-0.1, -0.05) is 44.2 Å². The number of nitrogens with zero attached hydrogens (tertiary/aromatic N) is 5. The molecule has 0 spiro atoms. The molecule has 0 bridgehead atoms. The summed E-state index contributed by atoms with van der Waals surface area (Å²) in [6.45, 7) is 8.90. The van der Waals surface area contributed by atoms with Crippen molar-refractivity contribution < 1.29 is 4.79 Å². The number of aromatic nitrogens is 4. The summed E-state index contributed by atoms with van der Waals surface area (Å²) in [4.78, 5) is 49.9. The Balaban J connectivity index is 1.46. The maximum Gasteiger partial charge on any atom is 0.330 e. The van der Waals surface area contributed by atoms with Crippen molar-refractivity contribution in [2.45, 2.75) is 52.7 Å². The third-order valence-electron chi connectivity index (χ3n) is 7.05. The average Bonchev–Trinajstić information content (AvgIpc) is 3.63. The Morgan fingerprint density at radius 1 is 1.03 bits per heavy atom. The zero-order valence-electron chi connectivity index (χ0n) is 20.6. The molecule has 3 aromatic rings. The van der Waals surface area contributed by atoms with E-state index in [1.54, 1.807) is 4.57 Å². The lowest BCUT2D eigenvalue weighted by Crippen LogP contribution is -2.49. The Morgan fingerprint density at radius 2 is 1.74 bits per heavy atom. The number of rotatable bonds is 8. The molecule has 1 aliphatic heterocycles. The summed E-state index contributed by atoms with van der Waals surface area (Å²) in [5, 5.41) is 0. The van der Waals surface area contributed by atoms with Crippen LogP contribution in [0.25, 0.3) is 11.2 Å². The van der Waals surface area contributed by atoms with E-state index < -0.39 is 11.2 Å². The van der Waals surface area contributed by atoms with E-state index in [0.717, 1.165) is 56.8 Å². The number of nitrogens with one attached hydrogen (secondary N) is 1. The third-order valence-corrected chi connectivity index (χ3v) is 7.05. The first-order valence-corrected chi connectivity index (χ1v) is 12.7. The molecule has 186 valence electrons. The zero-order chi connectivity index (χ0) is 24.5. The monoisotopic (exact) mass is 478 g/mol. The van der Waals surface area contributed by atoms with Crippen molar-refractivity contribution in [3.8, 4) is 0 Å². The molecule has 1 saturated carbocycles. The van der Waals surface area contributed by atoms with Crippen molar-refractivity contribution in [1.29, 1.82) is 0 Å². The molecule has 1 aliphatic carbocycles. The minimum atomic E-state index is -0.446. The first kappa shape index (κ1) is 23.5. The number of hydrogen-bond donors (Lipinski definition) is 1. The van der Waals surface area contributed by atoms with Crippen LogP contribution >= 0.6 is 0 Å². The first-order chi connectivity index (χ1) is 16.9. The van der Waals surface area contributed by atoms with Gasteiger partial charge in [0, 0.05) is 38.6 Å². The molecular formula is C26H34N6O3. The van der Waals surface area contributed by atoms with Gasteiger partial charge in [0.15, 0.2) is 11.2 Å². The summed E-state index contributed by atoms with van der Waals surface area (Å²) in [6.07, 6.45) is 2.95. The van der Waals surface area contributed by atoms with Gasteiger partial charge in [0.2, 0.25) is 5.91 Å². The predicted molar refractivity (Wildman–Crippen MR) is 134 cm³/mol. The molecule has 5 rings (SSSR count). The lowest BCUT2D eigenvalue weighted by atomic mass is 10.1. The fourth-order valence-corrected chi connectivity index (χ4v) is 4.79. The summed E-state index contributed by atoms with van der Waals surface area (Å²) >= 11 is 0. The molecule has 2 aliphatic rings. The minimum absolute atomic E-state index is 0.245. The Kier molecular flexibility index (Phi) is 6.60. The maximum atomic E-state index is 13.0. The van der Waals surface area contributed by atoms with Gasteiger partial charge in [-0.05, 0) is 30.7 Å². The highest BCUT2D eigenvalue weighted by Gasteiger charge is 2.34. The van der Waals surface area contributed by atoms with Crippen LogP contribution < -0.4 is 11.2 Å². The van der Waals surface area contributed by atoms with Crippen LogP contribution in [0.15, 0.2) is 39.9 Å². The molecule has 1 saturated heterocycles. The van der Waals surface area contributed by atoms with Crippen molar-refractivity contribution in [2.24, 2.45) is 11.8 Å². The van der Waals surface area contributed by atoms with Crippen LogP contribution in [0.5, 0.6) is 0 Å². The molecule has 0 unspecified atom stereocenters. The maximum absolute atomic E-state index is 13.0. The van der Waals surface area contributed by atoms with Crippen molar-refractivity contribution in [1.82, 2.24) is 28.9 Å².